The van der Waals surface area contributed by atoms with E-state index in [1.165, 1.54) is 19.9 Å². The summed E-state index contributed by atoms with van der Waals surface area (Å²) in [5.74, 6) is -1.75. The molecule has 6 nitrogen and oxygen atoms in total. The molecule has 0 saturated heterocycles. The molecule has 0 amide bonds. The van der Waals surface area contributed by atoms with Crippen LogP contribution < -0.4 is 0 Å². The third-order valence-corrected chi connectivity index (χ3v) is 4.12. The molecule has 24 heavy (non-hydrogen) atoms. The molecule has 1 heterocycles. The summed E-state index contributed by atoms with van der Waals surface area (Å²) in [4.78, 5) is 30.8. The molecule has 0 aliphatic heterocycles. The lowest BCUT2D eigenvalue weighted by molar-refractivity contribution is -0.142. The lowest BCUT2D eigenvalue weighted by Gasteiger charge is -2.21. The quantitative estimate of drug-likeness (QED) is 0.683. The van der Waals surface area contributed by atoms with Crippen molar-refractivity contribution >= 4 is 23.0 Å². The Labute approximate surface area is 137 Å². The third-order valence-electron chi connectivity index (χ3n) is 4.12. The molecule has 0 atom stereocenters. The number of H-pyrrole nitrogens is 1. The number of nitrogens with zero attached hydrogens (tertiary/aromatic N) is 1. The van der Waals surface area contributed by atoms with Gasteiger partial charge in [0.1, 0.15) is 11.3 Å². The summed E-state index contributed by atoms with van der Waals surface area (Å²) in [7, 11) is 0. The van der Waals surface area contributed by atoms with Gasteiger partial charge in [0.15, 0.2) is 0 Å². The number of aliphatic carboxylic acids is 1. The number of hydrogen-bond donors (Lipinski definition) is 3. The van der Waals surface area contributed by atoms with Crippen LogP contribution in [0.4, 0.5) is 0 Å². The minimum Gasteiger partial charge on any atom is -0.481 e. The van der Waals surface area contributed by atoms with Crippen LogP contribution >= 0.6 is 0 Å². The fraction of sp³-hybridized carbons (Fsp3) is 0.167. The molecule has 0 radical (unpaired) electrons. The van der Waals surface area contributed by atoms with Crippen LogP contribution in [0.2, 0.25) is 0 Å². The van der Waals surface area contributed by atoms with Crippen molar-refractivity contribution in [3.8, 4) is 11.4 Å². The first kappa shape index (κ1) is 15.7. The van der Waals surface area contributed by atoms with Gasteiger partial charge in [0.05, 0.1) is 16.5 Å². The van der Waals surface area contributed by atoms with Crippen LogP contribution in [0.5, 0.6) is 0 Å². The van der Waals surface area contributed by atoms with Crippen molar-refractivity contribution in [1.29, 1.82) is 0 Å². The van der Waals surface area contributed by atoms with Crippen LogP contribution in [-0.2, 0) is 10.2 Å². The Kier molecular flexibility index (Phi) is 3.60. The molecule has 0 bridgehead atoms. The van der Waals surface area contributed by atoms with E-state index in [-0.39, 0.29) is 16.6 Å². The molecule has 0 spiro atoms. The van der Waals surface area contributed by atoms with Gasteiger partial charge in [-0.1, -0.05) is 36.4 Å². The van der Waals surface area contributed by atoms with Gasteiger partial charge in [-0.3, -0.25) is 4.79 Å². The molecule has 3 aromatic rings. The number of nitrogens with one attached hydrogen (secondary N) is 1. The first-order valence-electron chi connectivity index (χ1n) is 7.37. The molecule has 3 rings (SSSR count). The summed E-state index contributed by atoms with van der Waals surface area (Å²) in [5, 5.41) is 19.1. The number of benzene rings is 2. The lowest BCUT2D eigenvalue weighted by atomic mass is 9.81. The number of carboxylic acids is 2. The highest BCUT2D eigenvalue weighted by molar-refractivity contribution is 6.05. The van der Waals surface area contributed by atoms with Crippen molar-refractivity contribution < 1.29 is 19.8 Å². The summed E-state index contributed by atoms with van der Waals surface area (Å²) >= 11 is 0. The van der Waals surface area contributed by atoms with Crippen molar-refractivity contribution in [2.24, 2.45) is 0 Å². The number of aromatic carboxylic acids is 1. The number of hydrogen-bond acceptors (Lipinski definition) is 3. The summed E-state index contributed by atoms with van der Waals surface area (Å²) in [5.41, 5.74) is 0.432. The van der Waals surface area contributed by atoms with E-state index in [4.69, 9.17) is 0 Å². The summed E-state index contributed by atoms with van der Waals surface area (Å²) < 4.78 is 0. The average Bonchev–Trinajstić information content (AvgIpc) is 2.98. The third kappa shape index (κ3) is 2.42. The standard InChI is InChI=1S/C18H16N2O4/c1-18(2,17(23)24)11-8-9-12-14(13(11)16(21)22)20-15(19-12)10-6-4-3-5-7-10/h3-9H,1-2H3,(H,19,20)(H,21,22)(H,23,24). The number of carboxylic acid groups (broad SMARTS) is 2. The Balaban J connectivity index is 2.29. The van der Waals surface area contributed by atoms with Crippen LogP contribution in [0, 0.1) is 0 Å². The fourth-order valence-corrected chi connectivity index (χ4v) is 2.66. The maximum absolute atomic E-state index is 11.8. The molecule has 1 aromatic heterocycles. The Hall–Kier alpha value is -3.15. The summed E-state index contributed by atoms with van der Waals surface area (Å²) in [6.45, 7) is 2.96. The Morgan fingerprint density at radius 1 is 1.04 bits per heavy atom. The molecule has 0 saturated carbocycles. The van der Waals surface area contributed by atoms with Gasteiger partial charge in [0.2, 0.25) is 0 Å². The zero-order chi connectivity index (χ0) is 17.5. The summed E-state index contributed by atoms with van der Waals surface area (Å²) in [6.07, 6.45) is 0. The van der Waals surface area contributed by atoms with Crippen molar-refractivity contribution in [3.05, 3.63) is 53.6 Å². The Bertz CT molecular complexity index is 942. The minimum absolute atomic E-state index is 0.0849. The van der Waals surface area contributed by atoms with E-state index in [1.54, 1.807) is 6.07 Å². The van der Waals surface area contributed by atoms with Crippen LogP contribution in [0.25, 0.3) is 22.4 Å². The lowest BCUT2D eigenvalue weighted by Crippen LogP contribution is -2.30. The molecular weight excluding hydrogens is 308 g/mol. The molecule has 3 N–H and O–H groups in total. The topological polar surface area (TPSA) is 103 Å². The zero-order valence-electron chi connectivity index (χ0n) is 13.2. The second kappa shape index (κ2) is 5.49. The average molecular weight is 324 g/mol. The van der Waals surface area contributed by atoms with Gasteiger partial charge in [-0.25, -0.2) is 9.78 Å². The van der Waals surface area contributed by atoms with E-state index < -0.39 is 17.4 Å². The SMILES string of the molecule is CC(C)(C(=O)O)c1ccc2[nH]c(-c3ccccc3)nc2c1C(=O)O. The number of imidazole rings is 1. The first-order valence-corrected chi connectivity index (χ1v) is 7.37. The van der Waals surface area contributed by atoms with Gasteiger partial charge in [-0.05, 0) is 25.5 Å². The van der Waals surface area contributed by atoms with Gasteiger partial charge >= 0.3 is 11.9 Å². The largest absolute Gasteiger partial charge is 0.481 e. The van der Waals surface area contributed by atoms with Crippen molar-refractivity contribution in [2.45, 2.75) is 19.3 Å². The van der Waals surface area contributed by atoms with E-state index in [9.17, 15) is 19.8 Å². The van der Waals surface area contributed by atoms with E-state index in [0.717, 1.165) is 5.56 Å². The Morgan fingerprint density at radius 2 is 1.71 bits per heavy atom. The molecule has 0 aliphatic rings. The Morgan fingerprint density at radius 3 is 2.29 bits per heavy atom. The zero-order valence-corrected chi connectivity index (χ0v) is 13.2. The first-order chi connectivity index (χ1) is 11.3. The highest BCUT2D eigenvalue weighted by Crippen LogP contribution is 2.32. The maximum atomic E-state index is 11.8. The predicted octanol–water partition coefficient (Wildman–Crippen LogP) is 3.29. The van der Waals surface area contributed by atoms with Crippen LogP contribution in [0.3, 0.4) is 0 Å². The van der Waals surface area contributed by atoms with Crippen LogP contribution in [0.1, 0.15) is 29.8 Å². The van der Waals surface area contributed by atoms with Gasteiger partial charge in [-0.15, -0.1) is 0 Å². The number of rotatable bonds is 4. The van der Waals surface area contributed by atoms with E-state index in [1.807, 2.05) is 30.3 Å². The molecule has 122 valence electrons. The van der Waals surface area contributed by atoms with E-state index in [0.29, 0.717) is 11.3 Å². The number of aromatic amines is 1. The predicted molar refractivity (Wildman–Crippen MR) is 89.2 cm³/mol. The van der Waals surface area contributed by atoms with Gasteiger partial charge in [0.25, 0.3) is 0 Å². The monoisotopic (exact) mass is 324 g/mol. The highest BCUT2D eigenvalue weighted by Gasteiger charge is 2.35. The van der Waals surface area contributed by atoms with E-state index >= 15 is 0 Å². The number of fused-ring (bicyclic) bond motifs is 1. The molecule has 0 aliphatic carbocycles. The molecule has 6 heteroatoms. The van der Waals surface area contributed by atoms with Crippen LogP contribution in [0.15, 0.2) is 42.5 Å². The van der Waals surface area contributed by atoms with Gasteiger partial charge in [-0.2, -0.15) is 0 Å². The van der Waals surface area contributed by atoms with Crippen molar-refractivity contribution in [2.75, 3.05) is 0 Å². The molecule has 0 fully saturated rings. The number of aromatic nitrogens is 2. The molecular formula is C18H16N2O4. The smallest absolute Gasteiger partial charge is 0.338 e. The highest BCUT2D eigenvalue weighted by atomic mass is 16.4. The van der Waals surface area contributed by atoms with Crippen molar-refractivity contribution in [3.63, 3.8) is 0 Å². The fourth-order valence-electron chi connectivity index (χ4n) is 2.66. The van der Waals surface area contributed by atoms with Gasteiger partial charge < -0.3 is 15.2 Å². The van der Waals surface area contributed by atoms with Crippen LogP contribution in [-0.4, -0.2) is 32.1 Å². The van der Waals surface area contributed by atoms with Crippen molar-refractivity contribution in [1.82, 2.24) is 9.97 Å². The normalized spacial score (nSPS) is 11.6. The maximum Gasteiger partial charge on any atom is 0.338 e. The number of carbonyl (C=O) groups is 2. The second-order valence-corrected chi connectivity index (χ2v) is 6.07. The summed E-state index contributed by atoms with van der Waals surface area (Å²) in [6, 6.07) is 12.5. The van der Waals surface area contributed by atoms with E-state index in [2.05, 4.69) is 9.97 Å². The minimum atomic E-state index is -1.34. The molecule has 2 aromatic carbocycles. The van der Waals surface area contributed by atoms with Gasteiger partial charge in [0, 0.05) is 5.56 Å². The second-order valence-electron chi connectivity index (χ2n) is 6.07. The molecule has 0 unspecified atom stereocenters.